The minimum Gasteiger partial charge on any atom is -0.320 e. The Kier molecular flexibility index (Phi) is 4.14. The molecule has 0 spiro atoms. The van der Waals surface area contributed by atoms with E-state index in [-0.39, 0.29) is 11.1 Å². The summed E-state index contributed by atoms with van der Waals surface area (Å²) in [5.74, 6) is -0.305. The van der Waals surface area contributed by atoms with Crippen molar-refractivity contribution in [2.24, 2.45) is 0 Å². The van der Waals surface area contributed by atoms with Gasteiger partial charge in [-0.05, 0) is 42.3 Å². The number of nitrogens with zero attached hydrogens (tertiary/aromatic N) is 3. The van der Waals surface area contributed by atoms with Crippen LogP contribution in [0.4, 0.5) is 5.69 Å². The van der Waals surface area contributed by atoms with Crippen molar-refractivity contribution in [1.82, 2.24) is 14.4 Å². The van der Waals surface area contributed by atoms with Crippen molar-refractivity contribution in [3.63, 3.8) is 0 Å². The quantitative estimate of drug-likeness (QED) is 0.579. The number of halogens is 1. The lowest BCUT2D eigenvalue weighted by Gasteiger charge is -2.11. The molecule has 0 fully saturated rings. The van der Waals surface area contributed by atoms with Gasteiger partial charge in [0, 0.05) is 29.8 Å². The highest BCUT2D eigenvalue weighted by atomic mass is 35.5. The fourth-order valence-corrected chi connectivity index (χ4v) is 3.08. The fraction of sp³-hybridized carbons (Fsp3) is 0.0500. The molecule has 3 heterocycles. The van der Waals surface area contributed by atoms with Crippen LogP contribution < -0.4 is 5.32 Å². The number of aryl methyl sites for hydroxylation is 1. The van der Waals surface area contributed by atoms with Gasteiger partial charge in [0.15, 0.2) is 10.8 Å². The lowest BCUT2D eigenvalue weighted by atomic mass is 10.0. The Balaban J connectivity index is 1.70. The Morgan fingerprint density at radius 3 is 2.81 bits per heavy atom. The molecule has 1 amide bonds. The number of fused-ring (bicyclic) bond motifs is 1. The van der Waals surface area contributed by atoms with E-state index in [4.69, 9.17) is 11.6 Å². The summed E-state index contributed by atoms with van der Waals surface area (Å²) >= 11 is 6.19. The van der Waals surface area contributed by atoms with Crippen molar-refractivity contribution in [3.8, 4) is 11.1 Å². The number of benzene rings is 1. The third kappa shape index (κ3) is 2.93. The highest BCUT2D eigenvalue weighted by Crippen LogP contribution is 2.26. The molecular formula is C20H15ClN4O. The number of pyridine rings is 2. The molecule has 0 aliphatic carbocycles. The van der Waals surface area contributed by atoms with Crippen molar-refractivity contribution in [3.05, 3.63) is 83.5 Å². The summed E-state index contributed by atoms with van der Waals surface area (Å²) in [6.07, 6.45) is 5.28. The second kappa shape index (κ2) is 6.61. The number of carbonyl (C=O) groups is 1. The smallest absolute Gasteiger partial charge is 0.275 e. The van der Waals surface area contributed by atoms with Gasteiger partial charge in [-0.15, -0.1) is 0 Å². The van der Waals surface area contributed by atoms with Gasteiger partial charge in [0.1, 0.15) is 5.65 Å². The zero-order chi connectivity index (χ0) is 18.1. The van der Waals surface area contributed by atoms with Crippen molar-refractivity contribution in [1.29, 1.82) is 0 Å². The number of hydrogen-bond acceptors (Lipinski definition) is 3. The normalized spacial score (nSPS) is 10.8. The number of nitrogens with one attached hydrogen (secondary N) is 1. The van der Waals surface area contributed by atoms with Gasteiger partial charge in [0.2, 0.25) is 0 Å². The van der Waals surface area contributed by atoms with Crippen molar-refractivity contribution >= 4 is 28.8 Å². The van der Waals surface area contributed by atoms with Gasteiger partial charge in [0.05, 0.1) is 0 Å². The second-order valence-electron chi connectivity index (χ2n) is 5.91. The summed E-state index contributed by atoms with van der Waals surface area (Å²) in [5.41, 5.74) is 4.57. The third-order valence-corrected chi connectivity index (χ3v) is 4.45. The molecule has 3 aromatic heterocycles. The number of imidazole rings is 1. The summed E-state index contributed by atoms with van der Waals surface area (Å²) in [5, 5.41) is 3.13. The van der Waals surface area contributed by atoms with Crippen LogP contribution in [0.5, 0.6) is 0 Å². The number of anilines is 1. The van der Waals surface area contributed by atoms with Crippen LogP contribution in [0.1, 0.15) is 16.1 Å². The molecule has 0 saturated heterocycles. The molecule has 0 unspecified atom stereocenters. The Hall–Kier alpha value is -3.18. The zero-order valence-corrected chi connectivity index (χ0v) is 14.7. The van der Waals surface area contributed by atoms with Crippen LogP contribution in [0.15, 0.2) is 67.1 Å². The molecule has 0 bridgehead atoms. The van der Waals surface area contributed by atoms with E-state index in [0.717, 1.165) is 22.4 Å². The average Bonchev–Trinajstić information content (AvgIpc) is 3.00. The number of hydrogen-bond donors (Lipinski definition) is 1. The zero-order valence-electron chi connectivity index (χ0n) is 14.0. The van der Waals surface area contributed by atoms with Gasteiger partial charge in [0.25, 0.3) is 5.91 Å². The van der Waals surface area contributed by atoms with E-state index in [1.165, 1.54) is 0 Å². The van der Waals surface area contributed by atoms with Crippen LogP contribution in [0.2, 0.25) is 5.15 Å². The Bertz CT molecular complexity index is 1110. The van der Waals surface area contributed by atoms with Crippen LogP contribution in [0.3, 0.4) is 0 Å². The second-order valence-corrected chi connectivity index (χ2v) is 6.26. The molecule has 4 aromatic rings. The molecule has 1 aromatic carbocycles. The topological polar surface area (TPSA) is 59.3 Å². The first kappa shape index (κ1) is 16.3. The highest BCUT2D eigenvalue weighted by Gasteiger charge is 2.18. The molecule has 0 atom stereocenters. The van der Waals surface area contributed by atoms with Crippen molar-refractivity contribution in [2.75, 3.05) is 5.32 Å². The Morgan fingerprint density at radius 2 is 2.00 bits per heavy atom. The van der Waals surface area contributed by atoms with Crippen LogP contribution in [-0.4, -0.2) is 20.3 Å². The predicted molar refractivity (Wildman–Crippen MR) is 103 cm³/mol. The molecule has 6 heteroatoms. The Labute approximate surface area is 155 Å². The number of rotatable bonds is 3. The summed E-state index contributed by atoms with van der Waals surface area (Å²) < 4.78 is 1.68. The van der Waals surface area contributed by atoms with E-state index < -0.39 is 0 Å². The highest BCUT2D eigenvalue weighted by molar-refractivity contribution is 6.33. The first-order chi connectivity index (χ1) is 12.6. The third-order valence-electron chi connectivity index (χ3n) is 4.18. The Morgan fingerprint density at radius 1 is 1.12 bits per heavy atom. The molecule has 5 nitrogen and oxygen atoms in total. The number of amides is 1. The standard InChI is InChI=1S/C20H15ClN4O/c1-13-7-8-14(15-5-4-9-22-12-15)11-16(13)23-20(26)18-19(21)24-17-6-2-3-10-25(17)18/h2-12H,1H3,(H,23,26). The van der Waals surface area contributed by atoms with Gasteiger partial charge in [-0.25, -0.2) is 4.98 Å². The molecule has 26 heavy (non-hydrogen) atoms. The van der Waals surface area contributed by atoms with Gasteiger partial charge in [-0.2, -0.15) is 0 Å². The molecule has 0 aliphatic heterocycles. The minimum absolute atomic E-state index is 0.176. The SMILES string of the molecule is Cc1ccc(-c2cccnc2)cc1NC(=O)c1c(Cl)nc2ccccn12. The van der Waals surface area contributed by atoms with Gasteiger partial charge >= 0.3 is 0 Å². The maximum absolute atomic E-state index is 12.8. The summed E-state index contributed by atoms with van der Waals surface area (Å²) in [6, 6.07) is 15.2. The maximum atomic E-state index is 12.8. The van der Waals surface area contributed by atoms with E-state index >= 15 is 0 Å². The van der Waals surface area contributed by atoms with E-state index in [1.807, 2.05) is 49.4 Å². The lowest BCUT2D eigenvalue weighted by Crippen LogP contribution is -2.15. The van der Waals surface area contributed by atoms with Gasteiger partial charge in [-0.3, -0.25) is 14.2 Å². The monoisotopic (exact) mass is 362 g/mol. The largest absolute Gasteiger partial charge is 0.320 e. The summed E-state index contributed by atoms with van der Waals surface area (Å²) in [4.78, 5) is 21.2. The molecule has 4 rings (SSSR count). The number of carbonyl (C=O) groups excluding carboxylic acids is 1. The average molecular weight is 363 g/mol. The molecule has 1 N–H and O–H groups in total. The first-order valence-electron chi connectivity index (χ1n) is 8.08. The minimum atomic E-state index is -0.305. The van der Waals surface area contributed by atoms with Gasteiger partial charge in [-0.1, -0.05) is 35.9 Å². The fourth-order valence-electron chi connectivity index (χ4n) is 2.82. The van der Waals surface area contributed by atoms with E-state index in [1.54, 1.807) is 29.1 Å². The summed E-state index contributed by atoms with van der Waals surface area (Å²) in [6.45, 7) is 1.94. The van der Waals surface area contributed by atoms with Crippen molar-refractivity contribution in [2.45, 2.75) is 6.92 Å². The van der Waals surface area contributed by atoms with E-state index in [2.05, 4.69) is 15.3 Å². The van der Waals surface area contributed by atoms with E-state index in [9.17, 15) is 4.79 Å². The number of aromatic nitrogens is 3. The van der Waals surface area contributed by atoms with E-state index in [0.29, 0.717) is 11.3 Å². The predicted octanol–water partition coefficient (Wildman–Crippen LogP) is 4.61. The van der Waals surface area contributed by atoms with Crippen LogP contribution >= 0.6 is 11.6 Å². The van der Waals surface area contributed by atoms with Crippen molar-refractivity contribution < 1.29 is 4.79 Å². The lowest BCUT2D eigenvalue weighted by molar-refractivity contribution is 0.102. The molecule has 0 radical (unpaired) electrons. The van der Waals surface area contributed by atoms with Crippen LogP contribution in [0.25, 0.3) is 16.8 Å². The molecule has 0 saturated carbocycles. The van der Waals surface area contributed by atoms with Crippen LogP contribution in [0, 0.1) is 6.92 Å². The maximum Gasteiger partial charge on any atom is 0.275 e. The van der Waals surface area contributed by atoms with Crippen LogP contribution in [-0.2, 0) is 0 Å². The molecule has 0 aliphatic rings. The summed E-state index contributed by atoms with van der Waals surface area (Å²) in [7, 11) is 0. The first-order valence-corrected chi connectivity index (χ1v) is 8.46. The molecule has 128 valence electrons. The molecular weight excluding hydrogens is 348 g/mol. The van der Waals surface area contributed by atoms with Gasteiger partial charge < -0.3 is 5.32 Å².